The van der Waals surface area contributed by atoms with Gasteiger partial charge in [0.1, 0.15) is 0 Å². The van der Waals surface area contributed by atoms with Crippen LogP contribution in [0.15, 0.2) is 66.8 Å². The molecule has 98 valence electrons. The lowest BCUT2D eigenvalue weighted by Gasteiger charge is -2.16. The second kappa shape index (κ2) is 4.64. The molecule has 0 heterocycles. The van der Waals surface area contributed by atoms with Crippen molar-refractivity contribution in [3.8, 4) is 11.1 Å². The first-order chi connectivity index (χ1) is 9.83. The topological polar surface area (TPSA) is 0 Å². The summed E-state index contributed by atoms with van der Waals surface area (Å²) in [7, 11) is 0. The summed E-state index contributed by atoms with van der Waals surface area (Å²) in [4.78, 5) is 0. The van der Waals surface area contributed by atoms with Crippen molar-refractivity contribution < 1.29 is 0 Å². The van der Waals surface area contributed by atoms with E-state index in [2.05, 4.69) is 66.8 Å². The fourth-order valence-corrected chi connectivity index (χ4v) is 3.70. The molecule has 0 fully saturated rings. The average molecular weight is 279 g/mol. The summed E-state index contributed by atoms with van der Waals surface area (Å²) in [5.74, 6) is 1.09. The van der Waals surface area contributed by atoms with Gasteiger partial charge in [0.15, 0.2) is 0 Å². The van der Waals surface area contributed by atoms with Crippen molar-refractivity contribution >= 4 is 11.6 Å². The van der Waals surface area contributed by atoms with Crippen molar-refractivity contribution in [2.24, 2.45) is 5.92 Å². The minimum atomic E-state index is 0.496. The van der Waals surface area contributed by atoms with E-state index in [1.165, 1.54) is 22.3 Å². The molecule has 2 aromatic rings. The third-order valence-electron chi connectivity index (χ3n) is 4.38. The SMILES string of the molecule is Clc1cc(-c2ccccc2)c2c(c1)C1C=CC=CC1C2. The average Bonchev–Trinajstić information content (AvgIpc) is 2.86. The first-order valence-electron chi connectivity index (χ1n) is 7.05. The zero-order chi connectivity index (χ0) is 13.5. The van der Waals surface area contributed by atoms with E-state index in [0.29, 0.717) is 11.8 Å². The van der Waals surface area contributed by atoms with Crippen LogP contribution in [0.3, 0.4) is 0 Å². The van der Waals surface area contributed by atoms with Gasteiger partial charge < -0.3 is 0 Å². The van der Waals surface area contributed by atoms with Crippen LogP contribution in [-0.4, -0.2) is 0 Å². The molecule has 0 nitrogen and oxygen atoms in total. The van der Waals surface area contributed by atoms with E-state index in [1.807, 2.05) is 0 Å². The van der Waals surface area contributed by atoms with Gasteiger partial charge >= 0.3 is 0 Å². The van der Waals surface area contributed by atoms with Crippen LogP contribution in [0.4, 0.5) is 0 Å². The Hall–Kier alpha value is -1.79. The number of fused-ring (bicyclic) bond motifs is 3. The molecule has 0 amide bonds. The third kappa shape index (κ3) is 1.83. The van der Waals surface area contributed by atoms with E-state index in [-0.39, 0.29) is 0 Å². The Balaban J connectivity index is 1.92. The van der Waals surface area contributed by atoms with Gasteiger partial charge in [-0.15, -0.1) is 0 Å². The van der Waals surface area contributed by atoms with Gasteiger partial charge in [-0.2, -0.15) is 0 Å². The minimum Gasteiger partial charge on any atom is -0.0843 e. The Bertz CT molecular complexity index is 710. The van der Waals surface area contributed by atoms with Crippen molar-refractivity contribution in [3.05, 3.63) is 82.9 Å². The molecule has 2 aliphatic carbocycles. The summed E-state index contributed by atoms with van der Waals surface area (Å²) < 4.78 is 0. The number of hydrogen-bond donors (Lipinski definition) is 0. The summed E-state index contributed by atoms with van der Waals surface area (Å²) >= 11 is 6.37. The van der Waals surface area contributed by atoms with E-state index in [0.717, 1.165) is 11.4 Å². The molecule has 0 spiro atoms. The zero-order valence-electron chi connectivity index (χ0n) is 11.1. The molecule has 2 aliphatic rings. The summed E-state index contributed by atoms with van der Waals surface area (Å²) in [5.41, 5.74) is 5.43. The van der Waals surface area contributed by atoms with Gasteiger partial charge in [0.25, 0.3) is 0 Å². The quantitative estimate of drug-likeness (QED) is 0.656. The lowest BCUT2D eigenvalue weighted by molar-refractivity contribution is 0.630. The molecular formula is C19H15Cl. The van der Waals surface area contributed by atoms with Crippen LogP contribution in [0.1, 0.15) is 17.0 Å². The smallest absolute Gasteiger partial charge is 0.0415 e. The Morgan fingerprint density at radius 1 is 0.950 bits per heavy atom. The molecule has 1 heteroatoms. The summed E-state index contributed by atoms with van der Waals surface area (Å²) in [5, 5.41) is 0.839. The maximum Gasteiger partial charge on any atom is 0.0415 e. The maximum absolute atomic E-state index is 6.37. The second-order valence-electron chi connectivity index (χ2n) is 5.55. The Kier molecular flexibility index (Phi) is 2.78. The molecule has 0 bridgehead atoms. The molecule has 2 unspecified atom stereocenters. The van der Waals surface area contributed by atoms with E-state index in [4.69, 9.17) is 11.6 Å². The van der Waals surface area contributed by atoms with Crippen molar-refractivity contribution in [3.63, 3.8) is 0 Å². The zero-order valence-corrected chi connectivity index (χ0v) is 11.8. The van der Waals surface area contributed by atoms with Crippen LogP contribution in [-0.2, 0) is 6.42 Å². The summed E-state index contributed by atoms with van der Waals surface area (Å²) in [6.07, 6.45) is 10.1. The highest BCUT2D eigenvalue weighted by Gasteiger charge is 2.32. The molecule has 2 atom stereocenters. The molecule has 0 saturated carbocycles. The van der Waals surface area contributed by atoms with Crippen LogP contribution in [0.2, 0.25) is 5.02 Å². The highest BCUT2D eigenvalue weighted by atomic mass is 35.5. The molecule has 2 aromatic carbocycles. The largest absolute Gasteiger partial charge is 0.0843 e. The van der Waals surface area contributed by atoms with Crippen LogP contribution in [0.5, 0.6) is 0 Å². The predicted octanol–water partition coefficient (Wildman–Crippen LogP) is 5.39. The van der Waals surface area contributed by atoms with Crippen LogP contribution < -0.4 is 0 Å². The lowest BCUT2D eigenvalue weighted by atomic mass is 9.89. The van der Waals surface area contributed by atoms with Gasteiger partial charge in [0.2, 0.25) is 0 Å². The monoisotopic (exact) mass is 278 g/mol. The first-order valence-corrected chi connectivity index (χ1v) is 7.43. The molecule has 0 aromatic heterocycles. The van der Waals surface area contributed by atoms with Crippen LogP contribution in [0, 0.1) is 5.92 Å². The number of benzene rings is 2. The van der Waals surface area contributed by atoms with E-state index >= 15 is 0 Å². The molecule has 4 rings (SSSR count). The highest BCUT2D eigenvalue weighted by molar-refractivity contribution is 6.31. The van der Waals surface area contributed by atoms with Crippen molar-refractivity contribution in [1.29, 1.82) is 0 Å². The standard InChI is InChI=1S/C19H15Cl/c20-15-11-17(13-6-2-1-3-7-13)18-10-14-8-4-5-9-16(14)19(18)12-15/h1-9,11-12,14,16H,10H2. The Morgan fingerprint density at radius 3 is 2.60 bits per heavy atom. The van der Waals surface area contributed by atoms with E-state index in [1.54, 1.807) is 0 Å². The Labute approximate surface area is 124 Å². The van der Waals surface area contributed by atoms with Gasteiger partial charge in [-0.25, -0.2) is 0 Å². The van der Waals surface area contributed by atoms with Crippen LogP contribution in [0.25, 0.3) is 11.1 Å². The molecule has 0 radical (unpaired) electrons. The minimum absolute atomic E-state index is 0.496. The number of allylic oxidation sites excluding steroid dienone is 4. The summed E-state index contributed by atoms with van der Waals surface area (Å²) in [6.45, 7) is 0. The first kappa shape index (κ1) is 12.0. The number of rotatable bonds is 1. The normalized spacial score (nSPS) is 22.6. The maximum atomic E-state index is 6.37. The molecule has 0 N–H and O–H groups in total. The van der Waals surface area contributed by atoms with Crippen molar-refractivity contribution in [2.75, 3.05) is 0 Å². The number of hydrogen-bond acceptors (Lipinski definition) is 0. The van der Waals surface area contributed by atoms with E-state index in [9.17, 15) is 0 Å². The summed E-state index contributed by atoms with van der Waals surface area (Å²) in [6, 6.07) is 14.8. The van der Waals surface area contributed by atoms with Crippen molar-refractivity contribution in [1.82, 2.24) is 0 Å². The van der Waals surface area contributed by atoms with E-state index < -0.39 is 0 Å². The molecule has 20 heavy (non-hydrogen) atoms. The third-order valence-corrected chi connectivity index (χ3v) is 4.60. The van der Waals surface area contributed by atoms with Gasteiger partial charge in [-0.1, -0.05) is 66.2 Å². The lowest BCUT2D eigenvalue weighted by Crippen LogP contribution is -2.04. The highest BCUT2D eigenvalue weighted by Crippen LogP contribution is 2.46. The second-order valence-corrected chi connectivity index (χ2v) is 5.99. The Morgan fingerprint density at radius 2 is 1.75 bits per heavy atom. The van der Waals surface area contributed by atoms with Crippen LogP contribution >= 0.6 is 11.6 Å². The predicted molar refractivity (Wildman–Crippen MR) is 85.1 cm³/mol. The number of halogens is 1. The van der Waals surface area contributed by atoms with Crippen molar-refractivity contribution in [2.45, 2.75) is 12.3 Å². The van der Waals surface area contributed by atoms with Gasteiger partial charge in [-0.05, 0) is 46.7 Å². The fraction of sp³-hybridized carbons (Fsp3) is 0.158. The molecular weight excluding hydrogens is 264 g/mol. The molecule has 0 saturated heterocycles. The molecule has 0 aliphatic heterocycles. The van der Waals surface area contributed by atoms with Gasteiger partial charge in [-0.3, -0.25) is 0 Å². The van der Waals surface area contributed by atoms with Gasteiger partial charge in [0.05, 0.1) is 0 Å². The van der Waals surface area contributed by atoms with Gasteiger partial charge in [0, 0.05) is 10.9 Å². The fourth-order valence-electron chi connectivity index (χ4n) is 3.48.